The zero-order valence-corrected chi connectivity index (χ0v) is 12.2. The average Bonchev–Trinajstić information content (AvgIpc) is 2.53. The highest BCUT2D eigenvalue weighted by molar-refractivity contribution is 5.94. The SMILES string of the molecule is O=C(NCC1(O)CCCc2ccccc21)c1cccc(F)c1. The molecule has 1 aliphatic carbocycles. The first-order chi connectivity index (χ1) is 10.6. The molecule has 0 aromatic heterocycles. The van der Waals surface area contributed by atoms with E-state index < -0.39 is 11.4 Å². The van der Waals surface area contributed by atoms with Crippen LogP contribution in [0.5, 0.6) is 0 Å². The molecule has 0 fully saturated rings. The maximum absolute atomic E-state index is 13.2. The minimum absolute atomic E-state index is 0.124. The second-order valence-corrected chi connectivity index (χ2v) is 5.74. The van der Waals surface area contributed by atoms with Crippen molar-refractivity contribution in [3.8, 4) is 0 Å². The number of aliphatic hydroxyl groups is 1. The number of nitrogens with one attached hydrogen (secondary N) is 1. The number of halogens is 1. The summed E-state index contributed by atoms with van der Waals surface area (Å²) in [5, 5.41) is 13.6. The summed E-state index contributed by atoms with van der Waals surface area (Å²) in [7, 11) is 0. The molecule has 0 spiro atoms. The molecule has 1 unspecified atom stereocenters. The quantitative estimate of drug-likeness (QED) is 0.915. The molecule has 2 aromatic rings. The van der Waals surface area contributed by atoms with E-state index in [0.29, 0.717) is 6.42 Å². The van der Waals surface area contributed by atoms with Crippen molar-refractivity contribution < 1.29 is 14.3 Å². The van der Waals surface area contributed by atoms with Crippen molar-refractivity contribution in [3.63, 3.8) is 0 Å². The zero-order chi connectivity index (χ0) is 15.6. The fraction of sp³-hybridized carbons (Fsp3) is 0.278. The lowest BCUT2D eigenvalue weighted by molar-refractivity contribution is 0.0189. The lowest BCUT2D eigenvalue weighted by Crippen LogP contribution is -2.43. The number of fused-ring (bicyclic) bond motifs is 1. The molecule has 4 heteroatoms. The Kier molecular flexibility index (Phi) is 3.94. The Labute approximate surface area is 128 Å². The van der Waals surface area contributed by atoms with Crippen molar-refractivity contribution >= 4 is 5.91 Å². The number of hydrogen-bond donors (Lipinski definition) is 2. The van der Waals surface area contributed by atoms with Crippen molar-refractivity contribution in [3.05, 3.63) is 71.0 Å². The molecule has 2 N–H and O–H groups in total. The minimum Gasteiger partial charge on any atom is -0.383 e. The topological polar surface area (TPSA) is 49.3 Å². The van der Waals surface area contributed by atoms with E-state index in [0.717, 1.165) is 24.0 Å². The molecule has 0 aliphatic heterocycles. The van der Waals surface area contributed by atoms with Crippen LogP contribution in [-0.4, -0.2) is 17.6 Å². The van der Waals surface area contributed by atoms with Crippen LogP contribution in [0.3, 0.4) is 0 Å². The van der Waals surface area contributed by atoms with Crippen LogP contribution < -0.4 is 5.32 Å². The van der Waals surface area contributed by atoms with Crippen molar-refractivity contribution in [2.75, 3.05) is 6.54 Å². The van der Waals surface area contributed by atoms with Crippen LogP contribution >= 0.6 is 0 Å². The molecule has 0 bridgehead atoms. The van der Waals surface area contributed by atoms with Gasteiger partial charge in [0.1, 0.15) is 11.4 Å². The molecule has 3 nitrogen and oxygen atoms in total. The first-order valence-corrected chi connectivity index (χ1v) is 7.43. The number of aryl methyl sites for hydroxylation is 1. The molecule has 1 aliphatic rings. The van der Waals surface area contributed by atoms with Crippen LogP contribution in [0.2, 0.25) is 0 Å². The first kappa shape index (κ1) is 14.7. The van der Waals surface area contributed by atoms with E-state index in [1.54, 1.807) is 6.07 Å². The van der Waals surface area contributed by atoms with Gasteiger partial charge in [0.15, 0.2) is 0 Å². The normalized spacial score (nSPS) is 20.3. The summed E-state index contributed by atoms with van der Waals surface area (Å²) in [4.78, 5) is 12.1. The van der Waals surface area contributed by atoms with E-state index in [9.17, 15) is 14.3 Å². The minimum atomic E-state index is -1.06. The summed E-state index contributed by atoms with van der Waals surface area (Å²) in [5.74, 6) is -0.828. The molecule has 114 valence electrons. The Morgan fingerprint density at radius 2 is 2.05 bits per heavy atom. The van der Waals surface area contributed by atoms with Crippen molar-refractivity contribution in [2.24, 2.45) is 0 Å². The van der Waals surface area contributed by atoms with Gasteiger partial charge in [-0.3, -0.25) is 4.79 Å². The third-order valence-corrected chi connectivity index (χ3v) is 4.18. The molecule has 0 heterocycles. The lowest BCUT2D eigenvalue weighted by atomic mass is 9.79. The predicted octanol–water partition coefficient (Wildman–Crippen LogP) is 2.78. The highest BCUT2D eigenvalue weighted by atomic mass is 19.1. The van der Waals surface area contributed by atoms with Gasteiger partial charge in [0, 0.05) is 5.56 Å². The van der Waals surface area contributed by atoms with Gasteiger partial charge >= 0.3 is 0 Å². The van der Waals surface area contributed by atoms with Gasteiger partial charge < -0.3 is 10.4 Å². The average molecular weight is 299 g/mol. The van der Waals surface area contributed by atoms with E-state index in [-0.39, 0.29) is 18.0 Å². The molecular formula is C18H18FNO2. The third-order valence-electron chi connectivity index (χ3n) is 4.18. The Balaban J connectivity index is 1.75. The molecule has 3 rings (SSSR count). The smallest absolute Gasteiger partial charge is 0.251 e. The van der Waals surface area contributed by atoms with Gasteiger partial charge in [0.2, 0.25) is 0 Å². The Bertz CT molecular complexity index is 701. The molecule has 22 heavy (non-hydrogen) atoms. The third kappa shape index (κ3) is 2.88. The summed E-state index contributed by atoms with van der Waals surface area (Å²) >= 11 is 0. The van der Waals surface area contributed by atoms with Crippen LogP contribution in [0.4, 0.5) is 4.39 Å². The zero-order valence-electron chi connectivity index (χ0n) is 12.2. The molecule has 1 atom stereocenters. The summed E-state index contributed by atoms with van der Waals surface area (Å²) in [6.07, 6.45) is 2.42. The van der Waals surface area contributed by atoms with Gasteiger partial charge in [-0.2, -0.15) is 0 Å². The van der Waals surface area contributed by atoms with Crippen LogP contribution in [0.15, 0.2) is 48.5 Å². The van der Waals surface area contributed by atoms with Crippen LogP contribution in [0.1, 0.15) is 34.3 Å². The van der Waals surface area contributed by atoms with E-state index >= 15 is 0 Å². The highest BCUT2D eigenvalue weighted by Gasteiger charge is 2.34. The largest absolute Gasteiger partial charge is 0.383 e. The number of carbonyl (C=O) groups is 1. The van der Waals surface area contributed by atoms with Gasteiger partial charge in [-0.05, 0) is 48.6 Å². The van der Waals surface area contributed by atoms with Crippen molar-refractivity contribution in [2.45, 2.75) is 24.9 Å². The van der Waals surface area contributed by atoms with E-state index in [4.69, 9.17) is 0 Å². The summed E-state index contributed by atoms with van der Waals surface area (Å²) < 4.78 is 13.2. The second kappa shape index (κ2) is 5.89. The fourth-order valence-electron chi connectivity index (χ4n) is 3.04. The summed E-state index contributed by atoms with van der Waals surface area (Å²) in [6.45, 7) is 0.124. The van der Waals surface area contributed by atoms with E-state index in [1.165, 1.54) is 18.2 Å². The molecule has 1 amide bonds. The Morgan fingerprint density at radius 3 is 2.86 bits per heavy atom. The van der Waals surface area contributed by atoms with Gasteiger partial charge in [-0.25, -0.2) is 4.39 Å². The van der Waals surface area contributed by atoms with Crippen LogP contribution in [0, 0.1) is 5.82 Å². The lowest BCUT2D eigenvalue weighted by Gasteiger charge is -2.34. The molecule has 0 saturated carbocycles. The van der Waals surface area contributed by atoms with E-state index in [1.807, 2.05) is 24.3 Å². The van der Waals surface area contributed by atoms with Gasteiger partial charge in [-0.1, -0.05) is 30.3 Å². The number of rotatable bonds is 3. The first-order valence-electron chi connectivity index (χ1n) is 7.43. The molecule has 0 saturated heterocycles. The monoisotopic (exact) mass is 299 g/mol. The summed E-state index contributed by atoms with van der Waals surface area (Å²) in [5.41, 5.74) is 1.20. The van der Waals surface area contributed by atoms with Gasteiger partial charge in [-0.15, -0.1) is 0 Å². The Hall–Kier alpha value is -2.20. The molecule has 2 aromatic carbocycles. The van der Waals surface area contributed by atoms with Crippen molar-refractivity contribution in [1.82, 2.24) is 5.32 Å². The number of benzene rings is 2. The number of carbonyl (C=O) groups excluding carboxylic acids is 1. The number of hydrogen-bond acceptors (Lipinski definition) is 2. The maximum atomic E-state index is 13.2. The molecular weight excluding hydrogens is 281 g/mol. The van der Waals surface area contributed by atoms with E-state index in [2.05, 4.69) is 5.32 Å². The Morgan fingerprint density at radius 1 is 1.23 bits per heavy atom. The predicted molar refractivity (Wildman–Crippen MR) is 82.0 cm³/mol. The van der Waals surface area contributed by atoms with Gasteiger partial charge in [0.05, 0.1) is 6.54 Å². The number of amides is 1. The van der Waals surface area contributed by atoms with Crippen LogP contribution in [0.25, 0.3) is 0 Å². The fourth-order valence-corrected chi connectivity index (χ4v) is 3.04. The second-order valence-electron chi connectivity index (χ2n) is 5.74. The maximum Gasteiger partial charge on any atom is 0.251 e. The highest BCUT2D eigenvalue weighted by Crippen LogP contribution is 2.34. The van der Waals surface area contributed by atoms with Gasteiger partial charge in [0.25, 0.3) is 5.91 Å². The van der Waals surface area contributed by atoms with Crippen LogP contribution in [-0.2, 0) is 12.0 Å². The van der Waals surface area contributed by atoms with Crippen molar-refractivity contribution in [1.29, 1.82) is 0 Å². The standard InChI is InChI=1S/C18H18FNO2/c19-15-8-3-6-14(11-15)17(21)20-12-18(22)10-4-7-13-5-1-2-9-16(13)18/h1-3,5-6,8-9,11,22H,4,7,10,12H2,(H,20,21). The summed E-state index contributed by atoms with van der Waals surface area (Å²) in [6, 6.07) is 13.3. The molecule has 0 radical (unpaired) electrons.